The molecule has 0 unspecified atom stereocenters. The summed E-state index contributed by atoms with van der Waals surface area (Å²) < 4.78 is 0. The van der Waals surface area contributed by atoms with Gasteiger partial charge in [0.25, 0.3) is 0 Å². The molecule has 0 bridgehead atoms. The Labute approximate surface area is 144 Å². The van der Waals surface area contributed by atoms with Gasteiger partial charge in [-0.05, 0) is 31.1 Å². The lowest BCUT2D eigenvalue weighted by atomic mass is 9.98. The van der Waals surface area contributed by atoms with Crippen molar-refractivity contribution in [2.45, 2.75) is 71.5 Å². The summed E-state index contributed by atoms with van der Waals surface area (Å²) in [6, 6.07) is -2.19. The van der Waals surface area contributed by atoms with Crippen molar-refractivity contribution in [3.8, 4) is 0 Å². The van der Waals surface area contributed by atoms with Gasteiger partial charge in [0.1, 0.15) is 12.1 Å². The Morgan fingerprint density at radius 2 is 1.92 bits per heavy atom. The number of aliphatic carboxylic acids is 1. The minimum Gasteiger partial charge on any atom is -0.480 e. The lowest BCUT2D eigenvalue weighted by Crippen LogP contribution is -2.55. The Morgan fingerprint density at radius 1 is 1.29 bits per heavy atom. The Kier molecular flexibility index (Phi) is 7.66. The highest BCUT2D eigenvalue weighted by Crippen LogP contribution is 2.20. The molecule has 0 radical (unpaired) electrons. The Bertz CT molecular complexity index is 467. The predicted octanol–water partition coefficient (Wildman–Crippen LogP) is 0.966. The predicted molar refractivity (Wildman–Crippen MR) is 91.2 cm³/mol. The number of carboxylic acids is 1. The number of nitrogens with two attached hydrogens (primary N) is 1. The van der Waals surface area contributed by atoms with Crippen molar-refractivity contribution in [3.63, 3.8) is 0 Å². The molecule has 138 valence electrons. The van der Waals surface area contributed by atoms with Gasteiger partial charge in [-0.15, -0.1) is 0 Å². The van der Waals surface area contributed by atoms with Crippen molar-refractivity contribution in [1.82, 2.24) is 10.2 Å². The van der Waals surface area contributed by atoms with Crippen LogP contribution in [0.25, 0.3) is 0 Å². The molecule has 1 aliphatic heterocycles. The van der Waals surface area contributed by atoms with Gasteiger partial charge in [-0.25, -0.2) is 4.79 Å². The number of nitrogens with zero attached hydrogens (tertiary/aromatic N) is 1. The third-order valence-corrected chi connectivity index (χ3v) is 4.66. The van der Waals surface area contributed by atoms with Gasteiger partial charge in [-0.3, -0.25) is 9.59 Å². The molecular weight excluding hydrogens is 310 g/mol. The molecule has 1 aliphatic rings. The number of carbonyl (C=O) groups excluding carboxylic acids is 2. The first-order valence-electron chi connectivity index (χ1n) is 8.78. The van der Waals surface area contributed by atoms with Crippen molar-refractivity contribution in [2.75, 3.05) is 6.54 Å². The second kappa shape index (κ2) is 9.01. The summed E-state index contributed by atoms with van der Waals surface area (Å²) in [7, 11) is 0. The van der Waals surface area contributed by atoms with Crippen LogP contribution in [0, 0.1) is 11.8 Å². The number of carboxylic acid groups (broad SMARTS) is 1. The molecule has 4 N–H and O–H groups in total. The largest absolute Gasteiger partial charge is 0.480 e. The maximum absolute atomic E-state index is 12.5. The lowest BCUT2D eigenvalue weighted by Gasteiger charge is -2.29. The molecule has 0 aromatic carbocycles. The highest BCUT2D eigenvalue weighted by molar-refractivity contribution is 5.92. The van der Waals surface area contributed by atoms with Gasteiger partial charge in [-0.1, -0.05) is 34.1 Å². The average Bonchev–Trinajstić information content (AvgIpc) is 2.99. The number of hydrogen-bond acceptors (Lipinski definition) is 4. The molecular formula is C17H31N3O4. The van der Waals surface area contributed by atoms with E-state index in [4.69, 9.17) is 5.73 Å². The SMILES string of the molecule is CC[C@H](C)[C@H](NC(=O)[C@@H]1CCCN1C(=O)[C@@H](N)CC(C)C)C(=O)O. The van der Waals surface area contributed by atoms with E-state index in [-0.39, 0.29) is 11.8 Å². The van der Waals surface area contributed by atoms with Crippen molar-refractivity contribution in [1.29, 1.82) is 0 Å². The summed E-state index contributed by atoms with van der Waals surface area (Å²) in [6.07, 6.45) is 2.47. The average molecular weight is 341 g/mol. The first-order chi connectivity index (χ1) is 11.2. The first-order valence-corrected chi connectivity index (χ1v) is 8.78. The molecule has 0 saturated carbocycles. The van der Waals surface area contributed by atoms with Crippen LogP contribution in [0.5, 0.6) is 0 Å². The molecule has 0 aliphatic carbocycles. The zero-order chi connectivity index (χ0) is 18.4. The summed E-state index contributed by atoms with van der Waals surface area (Å²) >= 11 is 0. The van der Waals surface area contributed by atoms with Crippen LogP contribution in [-0.2, 0) is 14.4 Å². The lowest BCUT2D eigenvalue weighted by molar-refractivity contribution is -0.145. The van der Waals surface area contributed by atoms with E-state index in [1.165, 1.54) is 4.90 Å². The summed E-state index contributed by atoms with van der Waals surface area (Å²) in [4.78, 5) is 37.9. The fourth-order valence-electron chi connectivity index (χ4n) is 3.06. The van der Waals surface area contributed by atoms with Crippen LogP contribution in [-0.4, -0.2) is 52.5 Å². The normalized spacial score (nSPS) is 21.4. The molecule has 0 aromatic heterocycles. The first kappa shape index (κ1) is 20.4. The molecule has 0 spiro atoms. The Morgan fingerprint density at radius 3 is 2.42 bits per heavy atom. The Hall–Kier alpha value is -1.63. The molecule has 7 heteroatoms. The molecule has 0 aromatic rings. The molecule has 4 atom stereocenters. The van der Waals surface area contributed by atoms with Gasteiger partial charge in [0.2, 0.25) is 11.8 Å². The number of amides is 2. The minimum absolute atomic E-state index is 0.180. The van der Waals surface area contributed by atoms with Crippen LogP contribution in [0.2, 0.25) is 0 Å². The Balaban J connectivity index is 2.78. The van der Waals surface area contributed by atoms with Gasteiger partial charge < -0.3 is 21.1 Å². The van der Waals surface area contributed by atoms with Crippen LogP contribution in [0.4, 0.5) is 0 Å². The number of nitrogens with one attached hydrogen (secondary N) is 1. The van der Waals surface area contributed by atoms with Crippen molar-refractivity contribution >= 4 is 17.8 Å². The highest BCUT2D eigenvalue weighted by Gasteiger charge is 2.38. The van der Waals surface area contributed by atoms with E-state index in [0.29, 0.717) is 31.7 Å². The number of carbonyl (C=O) groups is 3. The van der Waals surface area contributed by atoms with E-state index in [1.807, 2.05) is 20.8 Å². The van der Waals surface area contributed by atoms with Gasteiger partial charge in [0, 0.05) is 6.54 Å². The summed E-state index contributed by atoms with van der Waals surface area (Å²) in [5.41, 5.74) is 5.96. The topological polar surface area (TPSA) is 113 Å². The van der Waals surface area contributed by atoms with Crippen LogP contribution >= 0.6 is 0 Å². The van der Waals surface area contributed by atoms with Gasteiger partial charge in [0.15, 0.2) is 0 Å². The fraction of sp³-hybridized carbons (Fsp3) is 0.824. The van der Waals surface area contributed by atoms with E-state index in [9.17, 15) is 19.5 Å². The molecule has 1 heterocycles. The molecule has 1 saturated heterocycles. The minimum atomic E-state index is -1.05. The van der Waals surface area contributed by atoms with Gasteiger partial charge >= 0.3 is 5.97 Å². The molecule has 2 amide bonds. The second-order valence-corrected chi connectivity index (χ2v) is 7.14. The molecule has 24 heavy (non-hydrogen) atoms. The maximum atomic E-state index is 12.5. The quantitative estimate of drug-likeness (QED) is 0.609. The van der Waals surface area contributed by atoms with Crippen molar-refractivity contribution in [3.05, 3.63) is 0 Å². The smallest absolute Gasteiger partial charge is 0.326 e. The zero-order valence-corrected chi connectivity index (χ0v) is 15.1. The van der Waals surface area contributed by atoms with Crippen LogP contribution in [0.15, 0.2) is 0 Å². The summed E-state index contributed by atoms with van der Waals surface area (Å²) in [6.45, 7) is 8.14. The third-order valence-electron chi connectivity index (χ3n) is 4.66. The van der Waals surface area contributed by atoms with E-state index < -0.39 is 30.0 Å². The van der Waals surface area contributed by atoms with E-state index in [0.717, 1.165) is 6.42 Å². The standard InChI is InChI=1S/C17H31N3O4/c1-5-11(4)14(17(23)24)19-15(21)13-7-6-8-20(13)16(22)12(18)9-10(2)3/h10-14H,5-9,18H2,1-4H3,(H,19,21)(H,23,24)/t11-,12-,13-,14-/m0/s1. The van der Waals surface area contributed by atoms with E-state index in [2.05, 4.69) is 5.32 Å². The maximum Gasteiger partial charge on any atom is 0.326 e. The van der Waals surface area contributed by atoms with Crippen LogP contribution in [0.1, 0.15) is 53.4 Å². The van der Waals surface area contributed by atoms with Crippen LogP contribution < -0.4 is 11.1 Å². The van der Waals surface area contributed by atoms with E-state index in [1.54, 1.807) is 6.92 Å². The van der Waals surface area contributed by atoms with Crippen LogP contribution in [0.3, 0.4) is 0 Å². The zero-order valence-electron chi connectivity index (χ0n) is 15.1. The van der Waals surface area contributed by atoms with E-state index >= 15 is 0 Å². The fourth-order valence-corrected chi connectivity index (χ4v) is 3.06. The highest BCUT2D eigenvalue weighted by atomic mass is 16.4. The molecule has 7 nitrogen and oxygen atoms in total. The monoisotopic (exact) mass is 341 g/mol. The summed E-state index contributed by atoms with van der Waals surface area (Å²) in [5.74, 6) is -1.56. The number of hydrogen-bond donors (Lipinski definition) is 3. The number of likely N-dealkylation sites (tertiary alicyclic amines) is 1. The van der Waals surface area contributed by atoms with Gasteiger partial charge in [-0.2, -0.15) is 0 Å². The second-order valence-electron chi connectivity index (χ2n) is 7.14. The van der Waals surface area contributed by atoms with Crippen molar-refractivity contribution in [2.24, 2.45) is 17.6 Å². The number of rotatable bonds is 8. The van der Waals surface area contributed by atoms with Gasteiger partial charge in [0.05, 0.1) is 6.04 Å². The van der Waals surface area contributed by atoms with Crippen molar-refractivity contribution < 1.29 is 19.5 Å². The molecule has 1 fully saturated rings. The summed E-state index contributed by atoms with van der Waals surface area (Å²) in [5, 5.41) is 11.9. The third kappa shape index (κ3) is 5.19. The molecule has 1 rings (SSSR count).